The molecule has 0 saturated carbocycles. The fraction of sp³-hybridized carbons (Fsp3) is 0.727. The van der Waals surface area contributed by atoms with E-state index >= 15 is 0 Å². The molecule has 0 unspecified atom stereocenters. The summed E-state index contributed by atoms with van der Waals surface area (Å²) in [5.74, 6) is 1.78. The lowest BCUT2D eigenvalue weighted by Gasteiger charge is -2.19. The topological polar surface area (TPSA) is 43.8 Å². The molecule has 0 rings (SSSR count). The average molecular weight is 212 g/mol. The van der Waals surface area contributed by atoms with E-state index in [1.165, 1.54) is 0 Å². The van der Waals surface area contributed by atoms with E-state index < -0.39 is 5.97 Å². The quantitative estimate of drug-likeness (QED) is 0.590. The third-order valence-electron chi connectivity index (χ3n) is 2.04. The van der Waals surface area contributed by atoms with E-state index in [-0.39, 0.29) is 6.42 Å². The van der Waals surface area contributed by atoms with Crippen LogP contribution in [0.4, 0.5) is 0 Å². The third-order valence-corrected chi connectivity index (χ3v) is 2.04. The van der Waals surface area contributed by atoms with Gasteiger partial charge in [-0.15, -0.1) is 6.42 Å². The maximum atomic E-state index is 10.4. The number of aliphatic carboxylic acids is 1. The molecule has 0 aliphatic heterocycles. The normalized spacial score (nSPS) is 10.6. The average Bonchev–Trinajstić information content (AvgIpc) is 2.13. The largest absolute Gasteiger partial charge is 0.481 e. The van der Waals surface area contributed by atoms with Crippen molar-refractivity contribution in [3.8, 4) is 12.3 Å². The van der Waals surface area contributed by atoms with Gasteiger partial charge in [-0.3, -0.25) is 9.69 Å². The van der Waals surface area contributed by atoms with Crippen molar-refractivity contribution in [2.75, 3.05) is 40.3 Å². The summed E-state index contributed by atoms with van der Waals surface area (Å²) >= 11 is 0. The summed E-state index contributed by atoms with van der Waals surface area (Å²) in [4.78, 5) is 14.5. The number of terminal acetylenes is 1. The van der Waals surface area contributed by atoms with Crippen LogP contribution in [0.5, 0.6) is 0 Å². The molecule has 1 N–H and O–H groups in total. The maximum absolute atomic E-state index is 10.4. The summed E-state index contributed by atoms with van der Waals surface area (Å²) in [6.07, 6.45) is 6.38. The van der Waals surface area contributed by atoms with Crippen LogP contribution in [0, 0.1) is 12.3 Å². The second kappa shape index (κ2) is 8.27. The predicted octanol–water partition coefficient (Wildman–Crippen LogP) is 0.348. The van der Waals surface area contributed by atoms with Crippen LogP contribution in [0.15, 0.2) is 0 Å². The molecule has 0 bridgehead atoms. The van der Waals surface area contributed by atoms with Gasteiger partial charge in [-0.1, -0.05) is 5.92 Å². The van der Waals surface area contributed by atoms with Crippen molar-refractivity contribution in [1.82, 2.24) is 9.80 Å². The van der Waals surface area contributed by atoms with Gasteiger partial charge in [0.15, 0.2) is 0 Å². The lowest BCUT2D eigenvalue weighted by Crippen LogP contribution is -2.29. The molecule has 4 nitrogen and oxygen atoms in total. The number of hydrogen-bond acceptors (Lipinski definition) is 3. The zero-order valence-electron chi connectivity index (χ0n) is 9.57. The molecule has 86 valence electrons. The first-order valence-corrected chi connectivity index (χ1v) is 5.08. The molecule has 15 heavy (non-hydrogen) atoms. The highest BCUT2D eigenvalue weighted by atomic mass is 16.4. The van der Waals surface area contributed by atoms with Gasteiger partial charge in [-0.2, -0.15) is 0 Å². The highest BCUT2D eigenvalue weighted by molar-refractivity contribution is 5.66. The Bertz CT molecular complexity index is 221. The van der Waals surface area contributed by atoms with Crippen molar-refractivity contribution in [3.05, 3.63) is 0 Å². The fourth-order valence-electron chi connectivity index (χ4n) is 1.26. The number of rotatable bonds is 8. The first-order valence-electron chi connectivity index (χ1n) is 5.08. The Labute approximate surface area is 91.9 Å². The van der Waals surface area contributed by atoms with Gasteiger partial charge in [0.2, 0.25) is 0 Å². The van der Waals surface area contributed by atoms with E-state index in [1.807, 2.05) is 19.0 Å². The van der Waals surface area contributed by atoms with E-state index in [0.29, 0.717) is 13.1 Å². The van der Waals surface area contributed by atoms with Crippen LogP contribution in [0.3, 0.4) is 0 Å². The van der Waals surface area contributed by atoms with E-state index in [4.69, 9.17) is 11.5 Å². The highest BCUT2D eigenvalue weighted by Gasteiger charge is 2.05. The van der Waals surface area contributed by atoms with Crippen molar-refractivity contribution in [3.63, 3.8) is 0 Å². The number of carbonyl (C=O) groups is 1. The predicted molar refractivity (Wildman–Crippen MR) is 60.7 cm³/mol. The van der Waals surface area contributed by atoms with Gasteiger partial charge in [0.05, 0.1) is 13.0 Å². The zero-order chi connectivity index (χ0) is 11.7. The Balaban J connectivity index is 3.73. The summed E-state index contributed by atoms with van der Waals surface area (Å²) in [6, 6.07) is 0. The van der Waals surface area contributed by atoms with Gasteiger partial charge in [0.1, 0.15) is 0 Å². The van der Waals surface area contributed by atoms with Gasteiger partial charge in [-0.25, -0.2) is 0 Å². The Kier molecular flexibility index (Phi) is 7.69. The molecule has 0 fully saturated rings. The molecule has 0 aromatic rings. The van der Waals surface area contributed by atoms with Crippen LogP contribution < -0.4 is 0 Å². The van der Waals surface area contributed by atoms with E-state index in [0.717, 1.165) is 19.5 Å². The molecule has 0 radical (unpaired) electrons. The van der Waals surface area contributed by atoms with Crippen molar-refractivity contribution < 1.29 is 9.90 Å². The summed E-state index contributed by atoms with van der Waals surface area (Å²) in [5, 5.41) is 8.56. The molecule has 0 aromatic carbocycles. The molecule has 0 spiro atoms. The minimum atomic E-state index is -0.773. The molecule has 0 heterocycles. The zero-order valence-corrected chi connectivity index (χ0v) is 9.57. The summed E-state index contributed by atoms with van der Waals surface area (Å²) < 4.78 is 0. The van der Waals surface area contributed by atoms with Gasteiger partial charge in [0, 0.05) is 13.1 Å². The summed E-state index contributed by atoms with van der Waals surface area (Å²) in [6.45, 7) is 2.91. The smallest absolute Gasteiger partial charge is 0.304 e. The SMILES string of the molecule is C#CCN(CCCN(C)C)CCC(=O)O. The number of carboxylic acid groups (broad SMARTS) is 1. The lowest BCUT2D eigenvalue weighted by atomic mass is 10.3. The van der Waals surface area contributed by atoms with Gasteiger partial charge in [-0.05, 0) is 27.1 Å². The first kappa shape index (κ1) is 13.9. The van der Waals surface area contributed by atoms with Crippen LogP contribution in [0.25, 0.3) is 0 Å². The number of carboxylic acids is 1. The molecular weight excluding hydrogens is 192 g/mol. The van der Waals surface area contributed by atoms with Crippen molar-refractivity contribution >= 4 is 5.97 Å². The van der Waals surface area contributed by atoms with Crippen molar-refractivity contribution in [2.45, 2.75) is 12.8 Å². The van der Waals surface area contributed by atoms with Gasteiger partial charge >= 0.3 is 5.97 Å². The Hall–Kier alpha value is -1.05. The minimum absolute atomic E-state index is 0.156. The molecule has 0 aliphatic carbocycles. The second-order valence-corrected chi connectivity index (χ2v) is 3.78. The highest BCUT2D eigenvalue weighted by Crippen LogP contribution is 1.95. The summed E-state index contributed by atoms with van der Waals surface area (Å²) in [7, 11) is 4.03. The minimum Gasteiger partial charge on any atom is -0.481 e. The monoisotopic (exact) mass is 212 g/mol. The Morgan fingerprint density at radius 1 is 1.33 bits per heavy atom. The number of hydrogen-bond donors (Lipinski definition) is 1. The Morgan fingerprint density at radius 3 is 2.47 bits per heavy atom. The van der Waals surface area contributed by atoms with Gasteiger partial charge < -0.3 is 10.0 Å². The molecule has 0 aliphatic rings. The first-order chi connectivity index (χ1) is 7.06. The molecular formula is C11H20N2O2. The van der Waals surface area contributed by atoms with Crippen molar-refractivity contribution in [2.24, 2.45) is 0 Å². The van der Waals surface area contributed by atoms with Crippen LogP contribution in [-0.2, 0) is 4.79 Å². The lowest BCUT2D eigenvalue weighted by molar-refractivity contribution is -0.137. The van der Waals surface area contributed by atoms with Gasteiger partial charge in [0.25, 0.3) is 0 Å². The van der Waals surface area contributed by atoms with E-state index in [1.54, 1.807) is 0 Å². The molecule has 0 amide bonds. The van der Waals surface area contributed by atoms with E-state index in [9.17, 15) is 4.79 Å². The second-order valence-electron chi connectivity index (χ2n) is 3.78. The maximum Gasteiger partial charge on any atom is 0.304 e. The van der Waals surface area contributed by atoms with E-state index in [2.05, 4.69) is 10.8 Å². The van der Waals surface area contributed by atoms with Crippen LogP contribution in [0.2, 0.25) is 0 Å². The molecule has 4 heteroatoms. The number of nitrogens with zero attached hydrogens (tertiary/aromatic N) is 2. The van der Waals surface area contributed by atoms with Crippen LogP contribution in [0.1, 0.15) is 12.8 Å². The molecule has 0 atom stereocenters. The van der Waals surface area contributed by atoms with Crippen LogP contribution >= 0.6 is 0 Å². The summed E-state index contributed by atoms with van der Waals surface area (Å²) in [5.41, 5.74) is 0. The van der Waals surface area contributed by atoms with Crippen molar-refractivity contribution in [1.29, 1.82) is 0 Å². The molecule has 0 saturated heterocycles. The Morgan fingerprint density at radius 2 is 2.00 bits per heavy atom. The standard InChI is InChI=1S/C11H20N2O2/c1-4-7-13(10-6-11(14)15)9-5-8-12(2)3/h1H,5-10H2,2-3H3,(H,14,15). The third kappa shape index (κ3) is 9.26. The molecule has 0 aromatic heterocycles. The fourth-order valence-corrected chi connectivity index (χ4v) is 1.26. The van der Waals surface area contributed by atoms with Crippen LogP contribution in [-0.4, -0.2) is 61.2 Å².